The fraction of sp³-hybridized carbons (Fsp3) is 0.250. The highest BCUT2D eigenvalue weighted by Crippen LogP contribution is 2.35. The van der Waals surface area contributed by atoms with Crippen LogP contribution in [0.4, 0.5) is 5.69 Å². The van der Waals surface area contributed by atoms with Crippen LogP contribution in [0, 0.1) is 10.1 Å². The highest BCUT2D eigenvalue weighted by atomic mass is 79.9. The van der Waals surface area contributed by atoms with Crippen molar-refractivity contribution in [3.63, 3.8) is 0 Å². The standard InChI is InChI=1S/C16H15BrN2O2/c17-14-6-3-5-13-12(14)8-9-15(13)18-10-11-4-1-2-7-16(11)19(20)21/h1-7,15,18H,8-10H2. The monoisotopic (exact) mass is 346 g/mol. The molecule has 1 atom stereocenters. The lowest BCUT2D eigenvalue weighted by Crippen LogP contribution is -2.19. The normalized spacial score (nSPS) is 16.7. The van der Waals surface area contributed by atoms with E-state index in [1.54, 1.807) is 12.1 Å². The van der Waals surface area contributed by atoms with E-state index in [-0.39, 0.29) is 16.7 Å². The molecule has 1 unspecified atom stereocenters. The van der Waals surface area contributed by atoms with Gasteiger partial charge in [0, 0.05) is 28.7 Å². The Labute approximate surface area is 131 Å². The minimum atomic E-state index is -0.323. The summed E-state index contributed by atoms with van der Waals surface area (Å²) in [5, 5.41) is 14.5. The predicted molar refractivity (Wildman–Crippen MR) is 85.1 cm³/mol. The summed E-state index contributed by atoms with van der Waals surface area (Å²) >= 11 is 3.58. The van der Waals surface area contributed by atoms with Crippen molar-refractivity contribution in [3.05, 3.63) is 73.7 Å². The largest absolute Gasteiger partial charge is 0.306 e. The molecular formula is C16H15BrN2O2. The van der Waals surface area contributed by atoms with Crippen LogP contribution in [-0.4, -0.2) is 4.92 Å². The van der Waals surface area contributed by atoms with E-state index < -0.39 is 0 Å². The number of rotatable bonds is 4. The quantitative estimate of drug-likeness (QED) is 0.668. The summed E-state index contributed by atoms with van der Waals surface area (Å²) in [6.07, 6.45) is 2.06. The van der Waals surface area contributed by atoms with Gasteiger partial charge in [-0.25, -0.2) is 0 Å². The molecule has 0 heterocycles. The molecule has 0 radical (unpaired) electrons. The van der Waals surface area contributed by atoms with Crippen molar-refractivity contribution in [2.45, 2.75) is 25.4 Å². The van der Waals surface area contributed by atoms with Crippen molar-refractivity contribution in [2.24, 2.45) is 0 Å². The SMILES string of the molecule is O=[N+]([O-])c1ccccc1CNC1CCc2c(Br)cccc21. The van der Waals surface area contributed by atoms with Gasteiger partial charge >= 0.3 is 0 Å². The van der Waals surface area contributed by atoms with Gasteiger partial charge in [0.2, 0.25) is 0 Å². The lowest BCUT2D eigenvalue weighted by Gasteiger charge is -2.14. The van der Waals surface area contributed by atoms with Crippen molar-refractivity contribution in [1.82, 2.24) is 5.32 Å². The van der Waals surface area contributed by atoms with E-state index in [2.05, 4.69) is 33.4 Å². The fourth-order valence-corrected chi connectivity index (χ4v) is 3.47. The second-order valence-corrected chi connectivity index (χ2v) is 6.02. The van der Waals surface area contributed by atoms with Gasteiger partial charge in [-0.15, -0.1) is 0 Å². The molecule has 2 aromatic rings. The maximum absolute atomic E-state index is 11.0. The van der Waals surface area contributed by atoms with Crippen LogP contribution in [-0.2, 0) is 13.0 Å². The Kier molecular flexibility index (Phi) is 4.03. The number of halogens is 1. The molecule has 3 rings (SSSR count). The zero-order chi connectivity index (χ0) is 14.8. The van der Waals surface area contributed by atoms with Crippen LogP contribution < -0.4 is 5.32 Å². The number of nitro groups is 1. The van der Waals surface area contributed by atoms with Gasteiger partial charge in [-0.3, -0.25) is 10.1 Å². The molecular weight excluding hydrogens is 332 g/mol. The summed E-state index contributed by atoms with van der Waals surface area (Å²) in [5.41, 5.74) is 3.55. The zero-order valence-corrected chi connectivity index (χ0v) is 13.0. The number of benzene rings is 2. The average molecular weight is 347 g/mol. The maximum Gasteiger partial charge on any atom is 0.273 e. The number of fused-ring (bicyclic) bond motifs is 1. The summed E-state index contributed by atoms with van der Waals surface area (Å²) in [6.45, 7) is 0.508. The van der Waals surface area contributed by atoms with Crippen LogP contribution in [0.1, 0.15) is 29.2 Å². The Morgan fingerprint density at radius 1 is 1.24 bits per heavy atom. The summed E-state index contributed by atoms with van der Waals surface area (Å²) in [4.78, 5) is 10.7. The van der Waals surface area contributed by atoms with Gasteiger partial charge in [0.05, 0.1) is 4.92 Å². The van der Waals surface area contributed by atoms with Gasteiger partial charge in [-0.1, -0.05) is 46.3 Å². The smallest absolute Gasteiger partial charge is 0.273 e. The molecule has 0 spiro atoms. The molecule has 0 amide bonds. The maximum atomic E-state index is 11.0. The Morgan fingerprint density at radius 2 is 2.05 bits per heavy atom. The van der Waals surface area contributed by atoms with Gasteiger partial charge in [0.1, 0.15) is 0 Å². The van der Waals surface area contributed by atoms with E-state index in [1.165, 1.54) is 11.1 Å². The van der Waals surface area contributed by atoms with Crippen molar-refractivity contribution < 1.29 is 4.92 Å². The minimum Gasteiger partial charge on any atom is -0.306 e. The third-order valence-electron chi connectivity index (χ3n) is 3.94. The molecule has 0 bridgehead atoms. The highest BCUT2D eigenvalue weighted by Gasteiger charge is 2.24. The Bertz CT molecular complexity index is 688. The first kappa shape index (κ1) is 14.2. The number of para-hydroxylation sites is 1. The van der Waals surface area contributed by atoms with Crippen molar-refractivity contribution >= 4 is 21.6 Å². The van der Waals surface area contributed by atoms with Crippen LogP contribution in [0.25, 0.3) is 0 Å². The molecule has 21 heavy (non-hydrogen) atoms. The lowest BCUT2D eigenvalue weighted by molar-refractivity contribution is -0.385. The van der Waals surface area contributed by atoms with E-state index in [9.17, 15) is 10.1 Å². The Hall–Kier alpha value is -1.72. The molecule has 2 aromatic carbocycles. The second kappa shape index (κ2) is 5.95. The number of nitrogens with zero attached hydrogens (tertiary/aromatic N) is 1. The third-order valence-corrected chi connectivity index (χ3v) is 4.68. The van der Waals surface area contributed by atoms with Gasteiger partial charge in [-0.05, 0) is 30.0 Å². The van der Waals surface area contributed by atoms with E-state index in [0.29, 0.717) is 6.54 Å². The molecule has 0 saturated heterocycles. The second-order valence-electron chi connectivity index (χ2n) is 5.17. The number of nitrogens with one attached hydrogen (secondary N) is 1. The Balaban J connectivity index is 1.76. The fourth-order valence-electron chi connectivity index (χ4n) is 2.89. The molecule has 0 fully saturated rings. The zero-order valence-electron chi connectivity index (χ0n) is 11.4. The van der Waals surface area contributed by atoms with E-state index in [0.717, 1.165) is 22.9 Å². The molecule has 1 aliphatic carbocycles. The van der Waals surface area contributed by atoms with Gasteiger partial charge in [-0.2, -0.15) is 0 Å². The molecule has 0 saturated carbocycles. The molecule has 0 aromatic heterocycles. The van der Waals surface area contributed by atoms with Gasteiger partial charge < -0.3 is 5.32 Å². The topological polar surface area (TPSA) is 55.2 Å². The van der Waals surface area contributed by atoms with Crippen LogP contribution in [0.15, 0.2) is 46.9 Å². The van der Waals surface area contributed by atoms with Crippen molar-refractivity contribution in [1.29, 1.82) is 0 Å². The molecule has 1 aliphatic rings. The molecule has 1 N–H and O–H groups in total. The Morgan fingerprint density at radius 3 is 2.86 bits per heavy atom. The first-order valence-corrected chi connectivity index (χ1v) is 7.69. The average Bonchev–Trinajstić information content (AvgIpc) is 2.90. The van der Waals surface area contributed by atoms with Crippen LogP contribution in [0.3, 0.4) is 0 Å². The predicted octanol–water partition coefficient (Wildman–Crippen LogP) is 4.13. The minimum absolute atomic E-state index is 0.178. The molecule has 108 valence electrons. The lowest BCUT2D eigenvalue weighted by atomic mass is 10.1. The van der Waals surface area contributed by atoms with Gasteiger partial charge in [0.15, 0.2) is 0 Å². The van der Waals surface area contributed by atoms with Crippen LogP contribution in [0.2, 0.25) is 0 Å². The van der Waals surface area contributed by atoms with Gasteiger partial charge in [0.25, 0.3) is 5.69 Å². The first-order chi connectivity index (χ1) is 10.2. The van der Waals surface area contributed by atoms with Crippen molar-refractivity contribution in [2.75, 3.05) is 0 Å². The first-order valence-electron chi connectivity index (χ1n) is 6.90. The van der Waals surface area contributed by atoms with E-state index in [1.807, 2.05) is 18.2 Å². The number of hydrogen-bond donors (Lipinski definition) is 1. The summed E-state index contributed by atoms with van der Waals surface area (Å²) < 4.78 is 1.15. The summed E-state index contributed by atoms with van der Waals surface area (Å²) in [5.74, 6) is 0. The number of nitro benzene ring substituents is 1. The molecule has 5 heteroatoms. The third kappa shape index (κ3) is 2.84. The van der Waals surface area contributed by atoms with Crippen molar-refractivity contribution in [3.8, 4) is 0 Å². The molecule has 4 nitrogen and oxygen atoms in total. The highest BCUT2D eigenvalue weighted by molar-refractivity contribution is 9.10. The van der Waals surface area contributed by atoms with E-state index in [4.69, 9.17) is 0 Å². The summed E-state index contributed by atoms with van der Waals surface area (Å²) in [7, 11) is 0. The van der Waals surface area contributed by atoms with E-state index >= 15 is 0 Å². The van der Waals surface area contributed by atoms with Crippen LogP contribution >= 0.6 is 15.9 Å². The number of hydrogen-bond acceptors (Lipinski definition) is 3. The van der Waals surface area contributed by atoms with Crippen LogP contribution in [0.5, 0.6) is 0 Å². The molecule has 0 aliphatic heterocycles. The summed E-state index contributed by atoms with van der Waals surface area (Å²) in [6, 6.07) is 13.4.